The van der Waals surface area contributed by atoms with Gasteiger partial charge < -0.3 is 10.2 Å². The lowest BCUT2D eigenvalue weighted by molar-refractivity contribution is 0.589. The topological polar surface area (TPSA) is 56.4 Å². The number of nitrogens with two attached hydrogens (primary N) is 1. The zero-order valence-electron chi connectivity index (χ0n) is 28.7. The molecule has 9 rings (SSSR count). The summed E-state index contributed by atoms with van der Waals surface area (Å²) in [5.74, 6) is 2.32. The lowest BCUT2D eigenvalue weighted by atomic mass is 9.88. The second-order valence-corrected chi connectivity index (χ2v) is 13.8. The smallest absolute Gasteiger partial charge is 0.205 e. The molecule has 2 N–H and O–H groups in total. The number of hydrogen-bond donors (Lipinski definition) is 1. The van der Waals surface area contributed by atoms with E-state index in [1.165, 1.54) is 33.0 Å². The van der Waals surface area contributed by atoms with Gasteiger partial charge in [0.05, 0.1) is 16.7 Å². The van der Waals surface area contributed by atoms with Crippen molar-refractivity contribution in [2.75, 3.05) is 0 Å². The number of aromatic nitrogens is 1. The van der Waals surface area contributed by atoms with Gasteiger partial charge in [-0.25, -0.2) is 4.99 Å². The van der Waals surface area contributed by atoms with E-state index in [0.717, 1.165) is 68.2 Å². The number of fused-ring (bicyclic) bond motifs is 10. The van der Waals surface area contributed by atoms with Crippen LogP contribution in [0.2, 0.25) is 0 Å². The Morgan fingerprint density at radius 2 is 1.54 bits per heavy atom. The summed E-state index contributed by atoms with van der Waals surface area (Å²) in [4.78, 5) is 5.18. The normalized spacial score (nSPS) is 18.0. The molecule has 2 aliphatic rings. The van der Waals surface area contributed by atoms with Crippen molar-refractivity contribution in [1.82, 2.24) is 4.57 Å². The van der Waals surface area contributed by atoms with Crippen LogP contribution in [0.1, 0.15) is 62.0 Å². The van der Waals surface area contributed by atoms with E-state index in [0.29, 0.717) is 17.8 Å². The van der Waals surface area contributed by atoms with Crippen LogP contribution in [0.4, 0.5) is 0 Å². The summed E-state index contributed by atoms with van der Waals surface area (Å²) in [6.07, 6.45) is 15.4. The van der Waals surface area contributed by atoms with Crippen LogP contribution in [0.5, 0.6) is 0 Å². The molecule has 7 aromatic rings. The van der Waals surface area contributed by atoms with E-state index in [9.17, 15) is 0 Å². The van der Waals surface area contributed by atoms with Gasteiger partial charge in [-0.1, -0.05) is 123 Å². The third-order valence-corrected chi connectivity index (χ3v) is 10.5. The average molecular weight is 650 g/mol. The predicted molar refractivity (Wildman–Crippen MR) is 212 cm³/mol. The van der Waals surface area contributed by atoms with Crippen LogP contribution in [0, 0.1) is 5.92 Å². The molecule has 4 heteroatoms. The fraction of sp³-hybridized carbons (Fsp3) is 0.152. The Morgan fingerprint density at radius 3 is 2.34 bits per heavy atom. The second kappa shape index (κ2) is 11.9. The van der Waals surface area contributed by atoms with Crippen molar-refractivity contribution in [3.63, 3.8) is 0 Å². The van der Waals surface area contributed by atoms with Crippen molar-refractivity contribution in [2.45, 2.75) is 39.5 Å². The molecule has 2 heterocycles. The number of para-hydroxylation sites is 1. The van der Waals surface area contributed by atoms with Crippen molar-refractivity contribution in [3.8, 4) is 11.1 Å². The van der Waals surface area contributed by atoms with Gasteiger partial charge in [0.2, 0.25) is 5.96 Å². The Kier molecular flexibility index (Phi) is 7.20. The fourth-order valence-electron chi connectivity index (χ4n) is 8.03. The molecule has 0 radical (unpaired) electrons. The van der Waals surface area contributed by atoms with Gasteiger partial charge in [-0.2, -0.15) is 0 Å². The van der Waals surface area contributed by atoms with Crippen molar-refractivity contribution in [1.29, 1.82) is 0 Å². The highest BCUT2D eigenvalue weighted by Gasteiger charge is 2.28. The van der Waals surface area contributed by atoms with Gasteiger partial charge in [-0.15, -0.1) is 0 Å². The molecule has 0 saturated carbocycles. The van der Waals surface area contributed by atoms with E-state index in [1.54, 1.807) is 0 Å². The Balaban J connectivity index is 1.21. The highest BCUT2D eigenvalue weighted by Crippen LogP contribution is 2.47. The molecular weight excluding hydrogens is 611 g/mol. The number of rotatable bonds is 4. The third kappa shape index (κ3) is 4.78. The molecule has 2 aromatic heterocycles. The van der Waals surface area contributed by atoms with Crippen LogP contribution in [0.25, 0.3) is 72.0 Å². The first-order valence-electron chi connectivity index (χ1n) is 17.7. The van der Waals surface area contributed by atoms with E-state index < -0.39 is 0 Å². The Morgan fingerprint density at radius 1 is 0.800 bits per heavy atom. The molecule has 0 fully saturated rings. The SMILES string of the molecule is C/C=C(\N=C(N)n1c2ccccc2c2c3c4c(oc3c3ccccc3c21)C=CCC4C)c1cccc(-c2cccc(C3=CCC(C)C=C3)c2)c1. The minimum absolute atomic E-state index is 0.343. The quantitative estimate of drug-likeness (QED) is 0.152. The number of nitrogens with zero attached hydrogens (tertiary/aromatic N) is 2. The molecule has 50 heavy (non-hydrogen) atoms. The first-order valence-corrected chi connectivity index (χ1v) is 17.7. The van der Waals surface area contributed by atoms with E-state index >= 15 is 0 Å². The Labute approximate surface area is 292 Å². The maximum atomic E-state index is 7.15. The predicted octanol–water partition coefficient (Wildman–Crippen LogP) is 12.1. The van der Waals surface area contributed by atoms with Crippen LogP contribution in [0.3, 0.4) is 0 Å². The van der Waals surface area contributed by atoms with Gasteiger partial charge in [0.25, 0.3) is 0 Å². The summed E-state index contributed by atoms with van der Waals surface area (Å²) in [7, 11) is 0. The number of hydrogen-bond acceptors (Lipinski definition) is 2. The Bertz CT molecular complexity index is 2660. The number of furan rings is 1. The highest BCUT2D eigenvalue weighted by molar-refractivity contribution is 6.33. The molecule has 2 atom stereocenters. The first-order chi connectivity index (χ1) is 24.5. The number of benzene rings is 5. The number of aliphatic imine (C=N–C) groups is 1. The molecule has 4 nitrogen and oxygen atoms in total. The van der Waals surface area contributed by atoms with Gasteiger partial charge in [0.15, 0.2) is 0 Å². The summed E-state index contributed by atoms with van der Waals surface area (Å²) in [6.45, 7) is 6.58. The first kappa shape index (κ1) is 30.2. The van der Waals surface area contributed by atoms with Crippen molar-refractivity contribution >= 4 is 66.9 Å². The van der Waals surface area contributed by atoms with Crippen molar-refractivity contribution in [2.24, 2.45) is 16.6 Å². The molecule has 2 unspecified atom stereocenters. The summed E-state index contributed by atoms with van der Waals surface area (Å²) in [6, 6.07) is 34.5. The zero-order chi connectivity index (χ0) is 33.9. The minimum Gasteiger partial charge on any atom is -0.456 e. The van der Waals surface area contributed by atoms with E-state index in [1.807, 2.05) is 13.0 Å². The molecule has 0 bridgehead atoms. The molecule has 0 saturated heterocycles. The second-order valence-electron chi connectivity index (χ2n) is 13.8. The summed E-state index contributed by atoms with van der Waals surface area (Å²) < 4.78 is 8.81. The molecule has 244 valence electrons. The molecule has 2 aliphatic carbocycles. The van der Waals surface area contributed by atoms with Gasteiger partial charge >= 0.3 is 0 Å². The number of allylic oxidation sites excluding steroid dienone is 6. The molecule has 5 aromatic carbocycles. The van der Waals surface area contributed by atoms with Crippen LogP contribution >= 0.6 is 0 Å². The van der Waals surface area contributed by atoms with Crippen LogP contribution in [-0.4, -0.2) is 10.5 Å². The van der Waals surface area contributed by atoms with Crippen LogP contribution in [0.15, 0.2) is 137 Å². The standard InChI is InChI=1S/C46H39N3O/c1-4-38(34-16-11-15-33(27-34)32-14-10-13-31(26-32)30-24-22-28(2)23-25-30)48-46(47)49-39-20-8-7-19-37(39)42-43-41-29(3)12-9-21-40(41)50-45(43)36-18-6-5-17-35(36)44(42)49/h4-11,13-22,24-29H,12,23H2,1-3H3,(H2,47,48)/b38-4-. The van der Waals surface area contributed by atoms with E-state index in [-0.39, 0.29) is 0 Å². The van der Waals surface area contributed by atoms with Gasteiger partial charge in [-0.3, -0.25) is 4.57 Å². The lowest BCUT2D eigenvalue weighted by Gasteiger charge is -2.14. The van der Waals surface area contributed by atoms with Crippen LogP contribution in [-0.2, 0) is 0 Å². The van der Waals surface area contributed by atoms with E-state index in [2.05, 4.69) is 146 Å². The Hall–Kier alpha value is -5.87. The summed E-state index contributed by atoms with van der Waals surface area (Å²) in [5.41, 5.74) is 18.1. The van der Waals surface area contributed by atoms with Gasteiger partial charge in [-0.05, 0) is 78.1 Å². The molecule has 0 aliphatic heterocycles. The maximum Gasteiger partial charge on any atom is 0.205 e. The zero-order valence-corrected chi connectivity index (χ0v) is 28.7. The molecular formula is C46H39N3O. The molecule has 0 spiro atoms. The van der Waals surface area contributed by atoms with Crippen molar-refractivity contribution in [3.05, 3.63) is 150 Å². The average Bonchev–Trinajstić information content (AvgIpc) is 3.72. The van der Waals surface area contributed by atoms with E-state index in [4.69, 9.17) is 15.1 Å². The third-order valence-electron chi connectivity index (χ3n) is 10.5. The fourth-order valence-corrected chi connectivity index (χ4v) is 8.03. The molecule has 0 amide bonds. The van der Waals surface area contributed by atoms with Gasteiger partial charge in [0.1, 0.15) is 11.3 Å². The monoisotopic (exact) mass is 649 g/mol. The van der Waals surface area contributed by atoms with Crippen LogP contribution < -0.4 is 5.73 Å². The minimum atomic E-state index is 0.343. The lowest BCUT2D eigenvalue weighted by Crippen LogP contribution is -2.22. The van der Waals surface area contributed by atoms with Gasteiger partial charge in [0, 0.05) is 38.1 Å². The summed E-state index contributed by atoms with van der Waals surface area (Å²) in [5, 5.41) is 5.66. The highest BCUT2D eigenvalue weighted by atomic mass is 16.3. The van der Waals surface area contributed by atoms with Crippen molar-refractivity contribution < 1.29 is 4.42 Å². The summed E-state index contributed by atoms with van der Waals surface area (Å²) >= 11 is 0. The largest absolute Gasteiger partial charge is 0.456 e. The maximum absolute atomic E-state index is 7.15.